The van der Waals surface area contributed by atoms with Crippen LogP contribution in [-0.2, 0) is 63.0 Å². The number of unbranched alkanes of at least 4 members (excludes halogenated alkanes) is 2. The highest BCUT2D eigenvalue weighted by Crippen LogP contribution is 2.37. The van der Waals surface area contributed by atoms with Crippen molar-refractivity contribution >= 4 is 33.5 Å². The number of rotatable bonds is 38. The number of amides is 3. The first-order valence-corrected chi connectivity index (χ1v) is 27.2. The summed E-state index contributed by atoms with van der Waals surface area (Å²) in [6.45, 7) is 10.1. The molecule has 3 aromatic carbocycles. The summed E-state index contributed by atoms with van der Waals surface area (Å²) in [4.78, 5) is 58.2. The van der Waals surface area contributed by atoms with Gasteiger partial charge in [-0.15, -0.1) is 0 Å². The normalized spacial score (nSPS) is 11.7. The van der Waals surface area contributed by atoms with Crippen LogP contribution >= 0.6 is 0 Å². The number of esters is 1. The van der Waals surface area contributed by atoms with Crippen molar-refractivity contribution in [3.05, 3.63) is 138 Å². The molecule has 0 radical (unpaired) electrons. The van der Waals surface area contributed by atoms with E-state index in [1.165, 1.54) is 24.0 Å². The van der Waals surface area contributed by atoms with Gasteiger partial charge in [-0.1, -0.05) is 115 Å². The van der Waals surface area contributed by atoms with Crippen molar-refractivity contribution in [1.29, 1.82) is 0 Å². The molecule has 1 atom stereocenters. The molecule has 0 aliphatic carbocycles. The standard InChI is InChI=1S/C56H74N6O12S/c1-4-32-74-53(65)27-30-58-54(66)50(21-14-15-29-61-56(47-17-9-6-10-18-47,48-19-11-7-12-20-48)49-25-23-45(2)24-26-49)62-52(64)28-33-69-35-37-71-39-41-73-42-40-72-38-36-70-34-31-57-51(63)22-13-5-8-16-46-43-59-55(60-44-46)75(3,67)68/h4,6-7,9-12,17-20,23-26,43-44,50,61H,1,5,13-15,21-22,27-42H2,2-3H3,(H,57,63)(H,58,66)(H,62,64)/t50-/m0/s1. The molecule has 75 heavy (non-hydrogen) atoms. The third-order valence-electron chi connectivity index (χ3n) is 11.3. The smallest absolute Gasteiger partial charge is 0.307 e. The van der Waals surface area contributed by atoms with Crippen LogP contribution in [0.25, 0.3) is 0 Å². The Morgan fingerprint density at radius 2 is 1.21 bits per heavy atom. The number of benzene rings is 3. The van der Waals surface area contributed by atoms with Crippen LogP contribution in [0.5, 0.6) is 0 Å². The number of sulfone groups is 1. The summed E-state index contributed by atoms with van der Waals surface area (Å²) in [6, 6.07) is 28.4. The Kier molecular flexibility index (Phi) is 29.2. The van der Waals surface area contributed by atoms with Crippen molar-refractivity contribution in [1.82, 2.24) is 31.2 Å². The Morgan fingerprint density at radius 1 is 0.653 bits per heavy atom. The number of carbonyl (C=O) groups excluding carboxylic acids is 4. The minimum Gasteiger partial charge on any atom is -0.461 e. The maximum atomic E-state index is 13.4. The molecule has 4 N–H and O–H groups in total. The van der Waals surface area contributed by atoms with Gasteiger partial charge >= 0.3 is 5.97 Å². The molecule has 0 aliphatic rings. The summed E-state index contributed by atoms with van der Waals surface area (Å²) in [6.07, 6.45) is 8.34. The zero-order valence-electron chi connectivity index (χ0n) is 43.4. The van der Waals surface area contributed by atoms with Gasteiger partial charge < -0.3 is 44.4 Å². The fraction of sp³-hybridized carbons (Fsp3) is 0.464. The van der Waals surface area contributed by atoms with E-state index in [0.717, 1.165) is 22.9 Å². The fourth-order valence-electron chi connectivity index (χ4n) is 7.48. The van der Waals surface area contributed by atoms with Gasteiger partial charge in [-0.25, -0.2) is 18.4 Å². The molecule has 19 heteroatoms. The highest BCUT2D eigenvalue weighted by atomic mass is 32.2. The maximum Gasteiger partial charge on any atom is 0.307 e. The molecular formula is C56H74N6O12S. The van der Waals surface area contributed by atoms with E-state index < -0.39 is 27.4 Å². The van der Waals surface area contributed by atoms with Crippen LogP contribution in [0.4, 0.5) is 0 Å². The molecular weight excluding hydrogens is 981 g/mol. The highest BCUT2D eigenvalue weighted by molar-refractivity contribution is 7.90. The summed E-state index contributed by atoms with van der Waals surface area (Å²) in [5.74, 6) is 4.51. The summed E-state index contributed by atoms with van der Waals surface area (Å²) in [5, 5.41) is 12.1. The van der Waals surface area contributed by atoms with Crippen molar-refractivity contribution in [3.8, 4) is 11.8 Å². The molecule has 0 saturated heterocycles. The molecule has 1 aromatic heterocycles. The number of carbonyl (C=O) groups is 4. The molecule has 0 aliphatic heterocycles. The van der Waals surface area contributed by atoms with Crippen molar-refractivity contribution in [3.63, 3.8) is 0 Å². The third-order valence-corrected chi connectivity index (χ3v) is 12.2. The lowest BCUT2D eigenvalue weighted by Gasteiger charge is -2.37. The van der Waals surface area contributed by atoms with Crippen LogP contribution in [0.3, 0.4) is 0 Å². The molecule has 4 rings (SSSR count). The largest absolute Gasteiger partial charge is 0.461 e. The second-order valence-corrected chi connectivity index (χ2v) is 19.2. The van der Waals surface area contributed by atoms with Crippen LogP contribution in [-0.4, -0.2) is 147 Å². The van der Waals surface area contributed by atoms with Gasteiger partial charge in [-0.2, -0.15) is 0 Å². The van der Waals surface area contributed by atoms with Crippen LogP contribution < -0.4 is 21.3 Å². The molecule has 3 amide bonds. The van der Waals surface area contributed by atoms with E-state index in [1.807, 2.05) is 36.4 Å². The van der Waals surface area contributed by atoms with Crippen molar-refractivity contribution in [2.45, 2.75) is 75.0 Å². The average Bonchev–Trinajstić information content (AvgIpc) is 3.41. The predicted octanol–water partition coefficient (Wildman–Crippen LogP) is 4.77. The monoisotopic (exact) mass is 1050 g/mol. The molecule has 0 fully saturated rings. The number of nitrogens with zero attached hydrogens (tertiary/aromatic N) is 2. The number of ether oxygens (including phenoxy) is 6. The molecule has 0 saturated carbocycles. The Hall–Kier alpha value is -6.37. The van der Waals surface area contributed by atoms with Crippen molar-refractivity contribution in [2.75, 3.05) is 98.6 Å². The van der Waals surface area contributed by atoms with Gasteiger partial charge in [-0.3, -0.25) is 24.5 Å². The van der Waals surface area contributed by atoms with E-state index in [9.17, 15) is 27.6 Å². The molecule has 0 bridgehead atoms. The second kappa shape index (κ2) is 35.8. The lowest BCUT2D eigenvalue weighted by molar-refractivity contribution is -0.142. The fourth-order valence-corrected chi connectivity index (χ4v) is 7.97. The second-order valence-electron chi connectivity index (χ2n) is 17.2. The summed E-state index contributed by atoms with van der Waals surface area (Å²) >= 11 is 0. The summed E-state index contributed by atoms with van der Waals surface area (Å²) < 4.78 is 55.7. The van der Waals surface area contributed by atoms with Gasteiger partial charge in [0.25, 0.3) is 0 Å². The third kappa shape index (κ3) is 24.2. The summed E-state index contributed by atoms with van der Waals surface area (Å²) in [5.41, 5.74) is 4.33. The Balaban J connectivity index is 1.05. The van der Waals surface area contributed by atoms with Gasteiger partial charge in [0.1, 0.15) is 12.6 Å². The van der Waals surface area contributed by atoms with Gasteiger partial charge in [0.15, 0.2) is 0 Å². The van der Waals surface area contributed by atoms with E-state index in [0.29, 0.717) is 110 Å². The van der Waals surface area contributed by atoms with E-state index in [4.69, 9.17) is 28.4 Å². The van der Waals surface area contributed by atoms with Gasteiger partial charge in [-0.05, 0) is 55.8 Å². The van der Waals surface area contributed by atoms with Crippen LogP contribution in [0.15, 0.2) is 115 Å². The van der Waals surface area contributed by atoms with Gasteiger partial charge in [0.2, 0.25) is 32.7 Å². The quantitative estimate of drug-likeness (QED) is 0.0118. The molecule has 0 unspecified atom stereocenters. The molecule has 0 spiro atoms. The number of hydrogen-bond acceptors (Lipinski definition) is 15. The Labute approximate surface area is 442 Å². The van der Waals surface area contributed by atoms with Gasteiger partial charge in [0.05, 0.1) is 83.6 Å². The summed E-state index contributed by atoms with van der Waals surface area (Å²) in [7, 11) is -3.46. The van der Waals surface area contributed by atoms with Crippen LogP contribution in [0.2, 0.25) is 0 Å². The zero-order chi connectivity index (χ0) is 53.8. The van der Waals surface area contributed by atoms with E-state index in [2.05, 4.69) is 105 Å². The van der Waals surface area contributed by atoms with E-state index in [1.54, 1.807) is 0 Å². The molecule has 406 valence electrons. The number of aromatic nitrogens is 2. The van der Waals surface area contributed by atoms with Crippen LogP contribution in [0.1, 0.15) is 79.2 Å². The Bertz CT molecular complexity index is 2430. The van der Waals surface area contributed by atoms with Gasteiger partial charge in [0, 0.05) is 51.0 Å². The first-order chi connectivity index (χ1) is 36.4. The highest BCUT2D eigenvalue weighted by Gasteiger charge is 2.35. The molecule has 18 nitrogen and oxygen atoms in total. The van der Waals surface area contributed by atoms with Crippen molar-refractivity contribution < 1.29 is 56.0 Å². The topological polar surface area (TPSA) is 232 Å². The number of hydrogen-bond donors (Lipinski definition) is 4. The molecule has 1 heterocycles. The van der Waals surface area contributed by atoms with E-state index in [-0.39, 0.29) is 62.1 Å². The number of nitrogens with one attached hydrogen (secondary N) is 4. The number of aryl methyl sites for hydroxylation is 1. The first-order valence-electron chi connectivity index (χ1n) is 25.4. The predicted molar refractivity (Wildman–Crippen MR) is 284 cm³/mol. The van der Waals surface area contributed by atoms with Crippen LogP contribution in [0, 0.1) is 18.8 Å². The lowest BCUT2D eigenvalue weighted by atomic mass is 9.76. The van der Waals surface area contributed by atoms with Crippen molar-refractivity contribution in [2.24, 2.45) is 0 Å². The maximum absolute atomic E-state index is 13.4. The van der Waals surface area contributed by atoms with E-state index >= 15 is 0 Å². The zero-order valence-corrected chi connectivity index (χ0v) is 44.2. The Morgan fingerprint density at radius 3 is 1.79 bits per heavy atom. The molecule has 4 aromatic rings. The minimum atomic E-state index is -3.46. The minimum absolute atomic E-state index is 0.0129. The SMILES string of the molecule is C=CCOC(=O)CCNC(=O)[C@H](CCCCNC(c1ccccc1)(c1ccccc1)c1ccc(C)cc1)NC(=O)CCOCCOCCOCCOCCOCCNC(=O)CCCC#Cc1cnc(S(C)(=O)=O)nc1. The lowest BCUT2D eigenvalue weighted by Crippen LogP contribution is -2.47. The average molecular weight is 1060 g/mol. The first kappa shape index (κ1) is 61.2.